The number of anilines is 3. The monoisotopic (exact) mass is 251 g/mol. The van der Waals surface area contributed by atoms with Gasteiger partial charge >= 0.3 is 0 Å². The van der Waals surface area contributed by atoms with Crippen LogP contribution in [0.15, 0.2) is 36.5 Å². The standard InChI is InChI=1S/C13H9N5O/c14-7-9-5-6-15-13(16-9)18-8-12(19)17-10-3-1-2-4-11(10)18/h1-6H,8H2,(H,17,19). The van der Waals surface area contributed by atoms with E-state index in [2.05, 4.69) is 15.3 Å². The van der Waals surface area contributed by atoms with Gasteiger partial charge in [0.1, 0.15) is 18.3 Å². The van der Waals surface area contributed by atoms with E-state index in [1.807, 2.05) is 30.3 Å². The van der Waals surface area contributed by atoms with Gasteiger partial charge in [-0.15, -0.1) is 0 Å². The molecule has 1 amide bonds. The first kappa shape index (κ1) is 11.2. The first-order chi connectivity index (χ1) is 9.28. The van der Waals surface area contributed by atoms with Gasteiger partial charge in [0.2, 0.25) is 11.9 Å². The molecule has 3 rings (SSSR count). The molecule has 2 heterocycles. The number of carbonyl (C=O) groups excluding carboxylic acids is 1. The molecule has 92 valence electrons. The summed E-state index contributed by atoms with van der Waals surface area (Å²) in [5.74, 6) is 0.214. The van der Waals surface area contributed by atoms with E-state index in [1.165, 1.54) is 12.3 Å². The predicted molar refractivity (Wildman–Crippen MR) is 68.8 cm³/mol. The van der Waals surface area contributed by atoms with Crippen molar-refractivity contribution in [3.8, 4) is 6.07 Å². The number of amides is 1. The lowest BCUT2D eigenvalue weighted by atomic mass is 10.2. The average molecular weight is 251 g/mol. The summed E-state index contributed by atoms with van der Waals surface area (Å²) < 4.78 is 0. The summed E-state index contributed by atoms with van der Waals surface area (Å²) in [6.07, 6.45) is 1.51. The van der Waals surface area contributed by atoms with Crippen LogP contribution in [0.25, 0.3) is 0 Å². The van der Waals surface area contributed by atoms with Crippen molar-refractivity contribution in [1.29, 1.82) is 5.26 Å². The molecule has 1 aromatic carbocycles. The molecule has 0 bridgehead atoms. The number of hydrogen-bond acceptors (Lipinski definition) is 5. The van der Waals surface area contributed by atoms with Crippen molar-refractivity contribution in [1.82, 2.24) is 9.97 Å². The third kappa shape index (κ3) is 1.98. The minimum Gasteiger partial charge on any atom is -0.323 e. The van der Waals surface area contributed by atoms with Crippen LogP contribution in [0.1, 0.15) is 5.69 Å². The molecule has 19 heavy (non-hydrogen) atoms. The van der Waals surface area contributed by atoms with Crippen LogP contribution < -0.4 is 10.2 Å². The van der Waals surface area contributed by atoms with Crippen LogP contribution in [0.3, 0.4) is 0 Å². The van der Waals surface area contributed by atoms with E-state index < -0.39 is 0 Å². The van der Waals surface area contributed by atoms with E-state index in [-0.39, 0.29) is 18.1 Å². The molecule has 1 aliphatic heterocycles. The minimum absolute atomic E-state index is 0.131. The molecule has 6 heteroatoms. The van der Waals surface area contributed by atoms with Crippen molar-refractivity contribution < 1.29 is 4.79 Å². The molecule has 1 aliphatic rings. The van der Waals surface area contributed by atoms with Gasteiger partial charge < -0.3 is 5.32 Å². The maximum atomic E-state index is 11.7. The highest BCUT2D eigenvalue weighted by molar-refractivity contribution is 6.02. The fourth-order valence-electron chi connectivity index (χ4n) is 1.95. The third-order valence-electron chi connectivity index (χ3n) is 2.77. The van der Waals surface area contributed by atoms with Gasteiger partial charge in [0.05, 0.1) is 11.4 Å². The summed E-state index contributed by atoms with van der Waals surface area (Å²) in [6, 6.07) is 10.9. The number of aromatic nitrogens is 2. The first-order valence-electron chi connectivity index (χ1n) is 5.67. The van der Waals surface area contributed by atoms with Crippen molar-refractivity contribution in [3.05, 3.63) is 42.2 Å². The Labute approximate surface area is 109 Å². The van der Waals surface area contributed by atoms with Crippen LogP contribution in [0.2, 0.25) is 0 Å². The van der Waals surface area contributed by atoms with Crippen molar-refractivity contribution >= 4 is 23.2 Å². The van der Waals surface area contributed by atoms with E-state index >= 15 is 0 Å². The molecular formula is C13H9N5O. The quantitative estimate of drug-likeness (QED) is 0.829. The van der Waals surface area contributed by atoms with Crippen LogP contribution in [0.4, 0.5) is 17.3 Å². The summed E-state index contributed by atoms with van der Waals surface area (Å²) in [7, 11) is 0. The number of hydrogen-bond donors (Lipinski definition) is 1. The van der Waals surface area contributed by atoms with Gasteiger partial charge in [-0.05, 0) is 18.2 Å². The Hall–Kier alpha value is -2.94. The van der Waals surface area contributed by atoms with Gasteiger partial charge in [-0.1, -0.05) is 12.1 Å². The summed E-state index contributed by atoms with van der Waals surface area (Å²) >= 11 is 0. The largest absolute Gasteiger partial charge is 0.323 e. The SMILES string of the molecule is N#Cc1ccnc(N2CC(=O)Nc3ccccc32)n1. The Morgan fingerprint density at radius 3 is 3.00 bits per heavy atom. The number of rotatable bonds is 1. The Morgan fingerprint density at radius 2 is 2.16 bits per heavy atom. The lowest BCUT2D eigenvalue weighted by Gasteiger charge is -2.28. The Balaban J connectivity index is 2.10. The number of nitrogens with zero attached hydrogens (tertiary/aromatic N) is 4. The molecule has 0 aliphatic carbocycles. The molecule has 0 atom stereocenters. The van der Waals surface area contributed by atoms with Gasteiger partial charge in [-0.2, -0.15) is 5.26 Å². The number of nitriles is 1. The molecule has 6 nitrogen and oxygen atoms in total. The molecule has 0 saturated carbocycles. The number of para-hydroxylation sites is 2. The Bertz CT molecular complexity index is 691. The fourth-order valence-corrected chi connectivity index (χ4v) is 1.95. The normalized spacial score (nSPS) is 13.4. The van der Waals surface area contributed by atoms with Crippen molar-refractivity contribution in [2.24, 2.45) is 0 Å². The smallest absolute Gasteiger partial charge is 0.244 e. The summed E-state index contributed by atoms with van der Waals surface area (Å²) in [5.41, 5.74) is 1.80. The van der Waals surface area contributed by atoms with Gasteiger partial charge in [0.25, 0.3) is 0 Å². The van der Waals surface area contributed by atoms with Crippen LogP contribution in [0.5, 0.6) is 0 Å². The van der Waals surface area contributed by atoms with Gasteiger partial charge in [-0.25, -0.2) is 9.97 Å². The molecule has 1 N–H and O–H groups in total. The molecule has 2 aromatic rings. The second-order valence-corrected chi connectivity index (χ2v) is 4.01. The fraction of sp³-hybridized carbons (Fsp3) is 0.0769. The summed E-state index contributed by atoms with van der Waals surface area (Å²) in [6.45, 7) is 0.131. The van der Waals surface area contributed by atoms with E-state index in [0.717, 1.165) is 5.69 Å². The average Bonchev–Trinajstić information content (AvgIpc) is 2.46. The zero-order valence-electron chi connectivity index (χ0n) is 9.87. The van der Waals surface area contributed by atoms with Gasteiger partial charge in [0, 0.05) is 6.20 Å². The Morgan fingerprint density at radius 1 is 1.32 bits per heavy atom. The van der Waals surface area contributed by atoms with Crippen molar-refractivity contribution in [2.75, 3.05) is 16.8 Å². The highest BCUT2D eigenvalue weighted by Gasteiger charge is 2.24. The van der Waals surface area contributed by atoms with E-state index in [1.54, 1.807) is 4.90 Å². The predicted octanol–water partition coefficient (Wildman–Crippen LogP) is 1.44. The van der Waals surface area contributed by atoms with Gasteiger partial charge in [-0.3, -0.25) is 9.69 Å². The molecule has 0 unspecified atom stereocenters. The molecule has 1 aromatic heterocycles. The maximum absolute atomic E-state index is 11.7. The topological polar surface area (TPSA) is 81.9 Å². The highest BCUT2D eigenvalue weighted by atomic mass is 16.2. The van der Waals surface area contributed by atoms with Crippen LogP contribution in [-0.2, 0) is 4.79 Å². The molecular weight excluding hydrogens is 242 g/mol. The second kappa shape index (κ2) is 4.38. The van der Waals surface area contributed by atoms with Gasteiger partial charge in [0.15, 0.2) is 0 Å². The third-order valence-corrected chi connectivity index (χ3v) is 2.77. The molecule has 0 saturated heterocycles. The maximum Gasteiger partial charge on any atom is 0.244 e. The van der Waals surface area contributed by atoms with Crippen molar-refractivity contribution in [2.45, 2.75) is 0 Å². The van der Waals surface area contributed by atoms with Crippen LogP contribution in [-0.4, -0.2) is 22.4 Å². The first-order valence-corrected chi connectivity index (χ1v) is 5.67. The zero-order valence-corrected chi connectivity index (χ0v) is 9.87. The second-order valence-electron chi connectivity index (χ2n) is 4.01. The van der Waals surface area contributed by atoms with E-state index in [4.69, 9.17) is 5.26 Å². The summed E-state index contributed by atoms with van der Waals surface area (Å²) in [5, 5.41) is 11.7. The Kier molecular flexibility index (Phi) is 2.58. The number of benzene rings is 1. The van der Waals surface area contributed by atoms with E-state index in [9.17, 15) is 4.79 Å². The zero-order chi connectivity index (χ0) is 13.2. The lowest BCUT2D eigenvalue weighted by Crippen LogP contribution is -2.35. The minimum atomic E-state index is -0.135. The molecule has 0 spiro atoms. The molecule has 0 fully saturated rings. The van der Waals surface area contributed by atoms with Crippen molar-refractivity contribution in [3.63, 3.8) is 0 Å². The van der Waals surface area contributed by atoms with Crippen LogP contribution >= 0.6 is 0 Å². The number of carbonyl (C=O) groups is 1. The van der Waals surface area contributed by atoms with E-state index in [0.29, 0.717) is 11.6 Å². The number of nitrogens with one attached hydrogen (secondary N) is 1. The highest BCUT2D eigenvalue weighted by Crippen LogP contribution is 2.32. The molecule has 0 radical (unpaired) electrons. The lowest BCUT2D eigenvalue weighted by molar-refractivity contribution is -0.115. The van der Waals surface area contributed by atoms with Crippen LogP contribution in [0, 0.1) is 11.3 Å². The number of fused-ring (bicyclic) bond motifs is 1. The summed E-state index contributed by atoms with van der Waals surface area (Å²) in [4.78, 5) is 21.6.